The summed E-state index contributed by atoms with van der Waals surface area (Å²) in [7, 11) is 1.23. The van der Waals surface area contributed by atoms with Crippen molar-refractivity contribution in [3.8, 4) is 0 Å². The number of ether oxygens (including phenoxy) is 16. The highest BCUT2D eigenvalue weighted by molar-refractivity contribution is 5.91. The Hall–Kier alpha value is -10.8. The number of hydrogen-bond donors (Lipinski definition) is 0. The van der Waals surface area contributed by atoms with E-state index in [4.69, 9.17) is 75.8 Å². The number of methoxy groups -OCH3 is 1. The predicted molar refractivity (Wildman–Crippen MR) is 398 cm³/mol. The Morgan fingerprint density at radius 1 is 0.281 bits per heavy atom. The lowest BCUT2D eigenvalue weighted by Crippen LogP contribution is -2.68. The first kappa shape index (κ1) is 81.3. The monoisotopic (exact) mass is 1560 g/mol. The minimum absolute atomic E-state index is 0.00249. The first-order valence-electron chi connectivity index (χ1n) is 36.9. The van der Waals surface area contributed by atoms with Gasteiger partial charge >= 0.3 is 23.9 Å². The molecule has 0 amide bonds. The summed E-state index contributed by atoms with van der Waals surface area (Å²) < 4.78 is 186. The van der Waals surface area contributed by atoms with Crippen LogP contribution >= 0.6 is 0 Å². The van der Waals surface area contributed by atoms with Gasteiger partial charge in [-0.25, -0.2) is 41.1 Å². The molecule has 0 saturated carbocycles. The summed E-state index contributed by atoms with van der Waals surface area (Å²) >= 11 is 0. The molecule has 15 atom stereocenters. The van der Waals surface area contributed by atoms with E-state index in [1.165, 1.54) is 43.5 Å². The minimum Gasteiger partial charge on any atom is -0.459 e. The summed E-state index contributed by atoms with van der Waals surface area (Å²) in [6.07, 6.45) is -24.5. The van der Waals surface area contributed by atoms with E-state index in [2.05, 4.69) is 0 Å². The topological polar surface area (TPSA) is 216 Å². The lowest BCUT2D eigenvalue weighted by molar-refractivity contribution is -0.390. The van der Waals surface area contributed by atoms with Gasteiger partial charge in [-0.15, -0.1) is 0 Å². The van der Waals surface area contributed by atoms with Crippen molar-refractivity contribution in [1.29, 1.82) is 0 Å². The van der Waals surface area contributed by atoms with Crippen LogP contribution in [0.25, 0.3) is 0 Å². The molecule has 3 aliphatic heterocycles. The molecule has 114 heavy (non-hydrogen) atoms. The Morgan fingerprint density at radius 2 is 0.561 bits per heavy atom. The molecule has 20 nitrogen and oxygen atoms in total. The molecule has 3 heterocycles. The van der Waals surface area contributed by atoms with E-state index in [0.29, 0.717) is 16.7 Å². The Kier molecular flexibility index (Phi) is 28.7. The van der Waals surface area contributed by atoms with Crippen LogP contribution in [-0.4, -0.2) is 143 Å². The van der Waals surface area contributed by atoms with Gasteiger partial charge in [0, 0.05) is 7.11 Å². The van der Waals surface area contributed by atoms with Crippen molar-refractivity contribution < 1.29 is 117 Å². The molecule has 592 valence electrons. The maximum atomic E-state index is 16.0. The van der Waals surface area contributed by atoms with Crippen molar-refractivity contribution in [1.82, 2.24) is 0 Å². The molecule has 0 unspecified atom stereocenters. The minimum atomic E-state index is -2.55. The number of carbonyl (C=O) groups excluding carboxylic acids is 4. The molecule has 0 aliphatic carbocycles. The SMILES string of the molecule is CO[C@H]1O[C@H](COC(=O)c2ccccc2)[C@H](O[C@H]2O[C@H](COC(=O)c3c(F)c(F)c(F)c(F)c3F)[C@H](O[C@H]3O[C@H](COCc4ccccc4)[C@H](OCc4ccccc4)[C@H](OCc4ccccc4)[C@H]3OCc3ccccc3)[C@H](OCc3ccccc3)[C@H]2OCc2ccccc2)[C@H](OC(=O)c2ccccc2)[C@H]1OC(=O)c1ccccc1. The molecule has 0 aromatic heterocycles. The third-order valence-corrected chi connectivity index (χ3v) is 19.1. The Labute approximate surface area is 654 Å². The van der Waals surface area contributed by atoms with Crippen molar-refractivity contribution in [3.05, 3.63) is 358 Å². The zero-order valence-corrected chi connectivity index (χ0v) is 61.6. The zero-order valence-electron chi connectivity index (χ0n) is 61.6. The van der Waals surface area contributed by atoms with Crippen LogP contribution in [0.15, 0.2) is 273 Å². The van der Waals surface area contributed by atoms with Crippen LogP contribution in [0.5, 0.6) is 0 Å². The molecule has 0 N–H and O–H groups in total. The summed E-state index contributed by atoms with van der Waals surface area (Å²) in [5.41, 5.74) is 2.33. The second-order valence-electron chi connectivity index (χ2n) is 26.9. The summed E-state index contributed by atoms with van der Waals surface area (Å²) in [4.78, 5) is 58.2. The van der Waals surface area contributed by atoms with Crippen LogP contribution in [0.3, 0.4) is 0 Å². The molecule has 3 saturated heterocycles. The Morgan fingerprint density at radius 3 is 0.939 bits per heavy atom. The number of halogens is 5. The van der Waals surface area contributed by atoms with Crippen molar-refractivity contribution >= 4 is 23.9 Å². The molecule has 3 aliphatic rings. The summed E-state index contributed by atoms with van der Waals surface area (Å²) in [5.74, 6) is -17.3. The molecular weight excluding hydrogens is 1480 g/mol. The van der Waals surface area contributed by atoms with Crippen molar-refractivity contribution in [2.24, 2.45) is 0 Å². The predicted octanol–water partition coefficient (Wildman–Crippen LogP) is 14.6. The van der Waals surface area contributed by atoms with E-state index in [-0.39, 0.29) is 62.9 Å². The smallest absolute Gasteiger partial charge is 0.344 e. The third kappa shape index (κ3) is 21.0. The molecular formula is C89H81F5O20. The first-order valence-corrected chi connectivity index (χ1v) is 36.9. The second-order valence-corrected chi connectivity index (χ2v) is 26.9. The first-order chi connectivity index (χ1) is 55.7. The zero-order chi connectivity index (χ0) is 79.1. The number of benzene rings is 10. The highest BCUT2D eigenvalue weighted by Crippen LogP contribution is 2.40. The molecule has 3 fully saturated rings. The van der Waals surface area contributed by atoms with Gasteiger partial charge < -0.3 is 75.8 Å². The van der Waals surface area contributed by atoms with Gasteiger partial charge in [0.15, 0.2) is 54.3 Å². The number of carbonyl (C=O) groups is 4. The van der Waals surface area contributed by atoms with Gasteiger partial charge in [-0.2, -0.15) is 0 Å². The summed E-state index contributed by atoms with van der Waals surface area (Å²) in [5, 5.41) is 0. The summed E-state index contributed by atoms with van der Waals surface area (Å²) in [6, 6.07) is 78.2. The van der Waals surface area contributed by atoms with E-state index in [0.717, 1.165) is 16.7 Å². The van der Waals surface area contributed by atoms with Gasteiger partial charge in [0.05, 0.1) is 62.9 Å². The van der Waals surface area contributed by atoms with Crippen LogP contribution in [0.1, 0.15) is 74.8 Å². The van der Waals surface area contributed by atoms with E-state index in [1.807, 2.05) is 121 Å². The highest BCUT2D eigenvalue weighted by atomic mass is 19.2. The fraction of sp³-hybridized carbons (Fsp3) is 0.281. The van der Waals surface area contributed by atoms with E-state index < -0.39 is 164 Å². The third-order valence-electron chi connectivity index (χ3n) is 19.1. The van der Waals surface area contributed by atoms with Gasteiger partial charge in [0.2, 0.25) is 5.82 Å². The molecule has 0 spiro atoms. The standard InChI is InChI=1S/C89H81F5O20/c1-99-87-82(112-85(97)64-45-27-10-28-46-64)79(111-84(96)63-43-25-9-26-44-63)76(67(108-87)54-106-83(95)62-41-23-8-24-42-62)114-89-81(105-52-61-39-21-7-22-40-61)78(103-50-59-35-17-5-18-36-59)75(66(110-89)55-107-86(98)68-69(90)71(92)73(94)72(93)70(68)91)113-88-80(104-51-60-37-19-6-20-38-60)77(102-49-58-33-15-4-16-34-58)74(101-48-57-31-13-3-14-32-57)65(109-88)53-100-47-56-29-11-2-12-30-56/h2-46,65-67,74-82,87-89H,47-55H2,1H3/t65-,66-,67-,74+,75+,76+,77+,78+,79+,80-,81-,82-,87+,88-,89-/m1/s1. The molecule has 0 radical (unpaired) electrons. The lowest BCUT2D eigenvalue weighted by atomic mass is 9.94. The largest absolute Gasteiger partial charge is 0.459 e. The summed E-state index contributed by atoms with van der Waals surface area (Å²) in [6.45, 7) is -2.80. The van der Waals surface area contributed by atoms with Crippen molar-refractivity contribution in [3.63, 3.8) is 0 Å². The number of esters is 4. The fourth-order valence-corrected chi connectivity index (χ4v) is 13.3. The maximum Gasteiger partial charge on any atom is 0.344 e. The maximum absolute atomic E-state index is 16.0. The second kappa shape index (κ2) is 40.3. The van der Waals surface area contributed by atoms with E-state index >= 15 is 17.6 Å². The van der Waals surface area contributed by atoms with Crippen LogP contribution < -0.4 is 0 Å². The van der Waals surface area contributed by atoms with Gasteiger partial charge in [-0.3, -0.25) is 0 Å². The number of rotatable bonds is 34. The van der Waals surface area contributed by atoms with Crippen molar-refractivity contribution in [2.75, 3.05) is 26.9 Å². The van der Waals surface area contributed by atoms with Gasteiger partial charge in [0.25, 0.3) is 0 Å². The number of hydrogen-bond acceptors (Lipinski definition) is 20. The molecule has 25 heteroatoms. The molecule has 10 aromatic rings. The Balaban J connectivity index is 0.982. The van der Waals surface area contributed by atoms with E-state index in [1.54, 1.807) is 115 Å². The molecule has 10 aromatic carbocycles. The fourth-order valence-electron chi connectivity index (χ4n) is 13.3. The van der Waals surface area contributed by atoms with Gasteiger partial charge in [-0.1, -0.05) is 237 Å². The molecule has 13 rings (SSSR count). The average Bonchev–Trinajstić information content (AvgIpc) is 0.760. The van der Waals surface area contributed by atoms with Crippen LogP contribution in [0.2, 0.25) is 0 Å². The quantitative estimate of drug-likeness (QED) is 0.0120. The lowest BCUT2D eigenvalue weighted by Gasteiger charge is -2.51. The highest BCUT2D eigenvalue weighted by Gasteiger charge is 2.59. The van der Waals surface area contributed by atoms with Crippen molar-refractivity contribution in [2.45, 2.75) is 132 Å². The van der Waals surface area contributed by atoms with E-state index in [9.17, 15) is 23.6 Å². The molecule has 0 bridgehead atoms. The average molecular weight is 1570 g/mol. The van der Waals surface area contributed by atoms with Gasteiger partial charge in [0.1, 0.15) is 79.8 Å². The Bertz CT molecular complexity index is 4650. The van der Waals surface area contributed by atoms with Gasteiger partial charge in [-0.05, 0) is 69.8 Å². The normalized spacial score (nSPS) is 23.4. The van der Waals surface area contributed by atoms with Crippen LogP contribution in [0, 0.1) is 29.1 Å². The van der Waals surface area contributed by atoms with Crippen LogP contribution in [0.4, 0.5) is 22.0 Å². The van der Waals surface area contributed by atoms with Crippen LogP contribution in [-0.2, 0) is 115 Å².